The fraction of sp³-hybridized carbons (Fsp3) is 0.281. The Morgan fingerprint density at radius 2 is 1.56 bits per heavy atom. The Labute approximate surface area is 251 Å². The number of carbonyl (C=O) groups is 3. The minimum Gasteiger partial charge on any atom is -0.465 e. The summed E-state index contributed by atoms with van der Waals surface area (Å²) in [5.74, 6) is -0.715. The number of fused-ring (bicyclic) bond motifs is 2. The fourth-order valence-electron chi connectivity index (χ4n) is 5.17. The second-order valence-electron chi connectivity index (χ2n) is 10.2. The summed E-state index contributed by atoms with van der Waals surface area (Å²) >= 11 is 1.39. The van der Waals surface area contributed by atoms with Crippen LogP contribution >= 0.6 is 11.3 Å². The van der Waals surface area contributed by atoms with Crippen LogP contribution in [0.1, 0.15) is 63.8 Å². The molecule has 220 valence electrons. The van der Waals surface area contributed by atoms with Crippen molar-refractivity contribution in [3.63, 3.8) is 0 Å². The Morgan fingerprint density at radius 1 is 0.884 bits per heavy atom. The molecule has 0 fully saturated rings. The van der Waals surface area contributed by atoms with Crippen molar-refractivity contribution < 1.29 is 32.7 Å². The van der Waals surface area contributed by atoms with Gasteiger partial charge in [-0.05, 0) is 80.6 Å². The largest absolute Gasteiger partial charge is 0.465 e. The highest BCUT2D eigenvalue weighted by Crippen LogP contribution is 2.38. The van der Waals surface area contributed by atoms with Crippen LogP contribution in [-0.2, 0) is 27.1 Å². The van der Waals surface area contributed by atoms with E-state index in [0.717, 1.165) is 49.0 Å². The molecule has 1 amide bonds. The molecule has 0 spiro atoms. The zero-order chi connectivity index (χ0) is 29.9. The summed E-state index contributed by atoms with van der Waals surface area (Å²) in [6, 6.07) is 11.8. The number of aromatic nitrogens is 2. The molecular weight excluding hydrogens is 570 g/mol. The number of anilines is 1. The zero-order valence-corrected chi connectivity index (χ0v) is 24.5. The van der Waals surface area contributed by atoms with Gasteiger partial charge in [-0.1, -0.05) is 12.8 Å². The molecule has 11 heteroatoms. The number of rotatable bonds is 7. The van der Waals surface area contributed by atoms with Gasteiger partial charge in [0.1, 0.15) is 16.4 Å². The maximum Gasteiger partial charge on any atom is 0.341 e. The van der Waals surface area contributed by atoms with Crippen LogP contribution < -0.4 is 5.32 Å². The first-order valence-corrected chi connectivity index (χ1v) is 14.9. The average molecular weight is 600 g/mol. The fourth-order valence-corrected chi connectivity index (χ4v) is 6.45. The molecule has 1 aliphatic rings. The van der Waals surface area contributed by atoms with Gasteiger partial charge >= 0.3 is 11.9 Å². The van der Waals surface area contributed by atoms with Gasteiger partial charge in [-0.25, -0.2) is 19.6 Å². The van der Waals surface area contributed by atoms with Gasteiger partial charge in [-0.2, -0.15) is 0 Å². The number of benzene rings is 1. The lowest BCUT2D eigenvalue weighted by Crippen LogP contribution is -2.30. The number of amides is 1. The summed E-state index contributed by atoms with van der Waals surface area (Å²) in [4.78, 5) is 49.5. The van der Waals surface area contributed by atoms with Crippen molar-refractivity contribution in [2.24, 2.45) is 0 Å². The van der Waals surface area contributed by atoms with Crippen molar-refractivity contribution in [2.75, 3.05) is 12.4 Å². The molecule has 4 aromatic heterocycles. The molecule has 0 saturated heterocycles. The van der Waals surface area contributed by atoms with Crippen LogP contribution in [0.25, 0.3) is 33.9 Å². The number of hydrogen-bond acceptors (Lipinski definition) is 10. The van der Waals surface area contributed by atoms with Crippen LogP contribution in [0.2, 0.25) is 0 Å². The molecule has 0 radical (unpaired) electrons. The number of thiophene rings is 1. The Bertz CT molecular complexity index is 1790. The van der Waals surface area contributed by atoms with Gasteiger partial charge in [0, 0.05) is 4.88 Å². The predicted molar refractivity (Wildman–Crippen MR) is 160 cm³/mol. The molecule has 1 N–H and O–H groups in total. The van der Waals surface area contributed by atoms with Crippen molar-refractivity contribution in [2.45, 2.75) is 51.6 Å². The Balaban J connectivity index is 1.22. The lowest BCUT2D eigenvalue weighted by Gasteiger charge is -2.14. The molecule has 1 unspecified atom stereocenters. The molecule has 5 aromatic rings. The molecule has 1 aromatic carbocycles. The van der Waals surface area contributed by atoms with Gasteiger partial charge < -0.3 is 23.6 Å². The second kappa shape index (κ2) is 12.2. The highest BCUT2D eigenvalue weighted by atomic mass is 32.1. The Kier molecular flexibility index (Phi) is 8.06. The van der Waals surface area contributed by atoms with Crippen molar-refractivity contribution in [3.8, 4) is 22.9 Å². The summed E-state index contributed by atoms with van der Waals surface area (Å²) in [7, 11) is 1.33. The Hall–Kier alpha value is -4.77. The van der Waals surface area contributed by atoms with Crippen molar-refractivity contribution >= 4 is 45.2 Å². The van der Waals surface area contributed by atoms with Gasteiger partial charge in [-0.3, -0.25) is 4.79 Å². The van der Waals surface area contributed by atoms with Crippen LogP contribution in [0.3, 0.4) is 0 Å². The van der Waals surface area contributed by atoms with Gasteiger partial charge in [0.15, 0.2) is 17.6 Å². The van der Waals surface area contributed by atoms with E-state index in [9.17, 15) is 14.4 Å². The predicted octanol–water partition coefficient (Wildman–Crippen LogP) is 6.84. The third-order valence-corrected chi connectivity index (χ3v) is 8.57. The van der Waals surface area contributed by atoms with E-state index in [4.69, 9.17) is 28.3 Å². The van der Waals surface area contributed by atoms with E-state index in [1.807, 2.05) is 0 Å². The maximum atomic E-state index is 13.2. The third-order valence-electron chi connectivity index (χ3n) is 7.36. The van der Waals surface area contributed by atoms with E-state index in [-0.39, 0.29) is 5.56 Å². The molecule has 10 nitrogen and oxygen atoms in total. The van der Waals surface area contributed by atoms with Crippen molar-refractivity contribution in [1.29, 1.82) is 0 Å². The summed E-state index contributed by atoms with van der Waals surface area (Å²) in [6.07, 6.45) is 7.79. The molecule has 43 heavy (non-hydrogen) atoms. The number of methoxy groups -OCH3 is 1. The smallest absolute Gasteiger partial charge is 0.341 e. The van der Waals surface area contributed by atoms with Crippen LogP contribution in [0.5, 0.6) is 0 Å². The number of aryl methyl sites for hydroxylation is 1. The first-order valence-electron chi connectivity index (χ1n) is 14.1. The first-order chi connectivity index (χ1) is 20.9. The highest BCUT2D eigenvalue weighted by Gasteiger charge is 2.28. The van der Waals surface area contributed by atoms with Crippen LogP contribution in [0, 0.1) is 0 Å². The number of ether oxygens (including phenoxy) is 2. The lowest BCUT2D eigenvalue weighted by molar-refractivity contribution is -0.123. The van der Waals surface area contributed by atoms with E-state index in [1.54, 1.807) is 48.7 Å². The number of furan rings is 2. The van der Waals surface area contributed by atoms with E-state index >= 15 is 0 Å². The number of nitrogens with zero attached hydrogens (tertiary/aromatic N) is 2. The monoisotopic (exact) mass is 599 g/mol. The maximum absolute atomic E-state index is 13.2. The molecule has 6 rings (SSSR count). The first kappa shape index (κ1) is 28.4. The van der Waals surface area contributed by atoms with E-state index < -0.39 is 23.9 Å². The topological polar surface area (TPSA) is 134 Å². The molecular formula is C32H29N3O7S. The summed E-state index contributed by atoms with van der Waals surface area (Å²) < 4.78 is 21.7. The Morgan fingerprint density at radius 3 is 2.21 bits per heavy atom. The lowest BCUT2D eigenvalue weighted by atomic mass is 9.96. The van der Waals surface area contributed by atoms with Gasteiger partial charge in [-0.15, -0.1) is 11.3 Å². The summed E-state index contributed by atoms with van der Waals surface area (Å²) in [5.41, 5.74) is 3.47. The van der Waals surface area contributed by atoms with E-state index in [1.165, 1.54) is 31.6 Å². The number of hydrogen-bond donors (Lipinski definition) is 1. The molecule has 0 bridgehead atoms. The minimum absolute atomic E-state index is 0.201. The number of carbonyl (C=O) groups excluding carboxylic acids is 3. The standard InChI is InChI=1S/C32H29N3O7S/c1-18(29(36)35-30-26(32(38)39-2)20-9-5-3-4-6-12-25(20)43-30)42-31(37)19-13-14-21-22(17-19)34-28(24-11-8-16-41-24)27(33-21)23-10-7-15-40-23/h7-8,10-11,13-18H,3-6,9,12H2,1-2H3,(H,35,36). The van der Waals surface area contributed by atoms with Gasteiger partial charge in [0.2, 0.25) is 0 Å². The molecule has 1 atom stereocenters. The van der Waals surface area contributed by atoms with Crippen LogP contribution in [0.4, 0.5) is 5.00 Å². The summed E-state index contributed by atoms with van der Waals surface area (Å²) in [6.45, 7) is 1.49. The van der Waals surface area contributed by atoms with Crippen LogP contribution in [0.15, 0.2) is 63.8 Å². The van der Waals surface area contributed by atoms with Crippen molar-refractivity contribution in [3.05, 3.63) is 76.6 Å². The normalized spacial score (nSPS) is 13.9. The average Bonchev–Trinajstić information content (AvgIpc) is 3.78. The van der Waals surface area contributed by atoms with E-state index in [2.05, 4.69) is 5.32 Å². The van der Waals surface area contributed by atoms with Crippen LogP contribution in [-0.4, -0.2) is 41.0 Å². The molecule has 1 aliphatic carbocycles. The zero-order valence-electron chi connectivity index (χ0n) is 23.7. The third kappa shape index (κ3) is 5.80. The summed E-state index contributed by atoms with van der Waals surface area (Å²) in [5, 5.41) is 3.23. The molecule has 0 saturated carbocycles. The number of esters is 2. The second-order valence-corrected chi connectivity index (χ2v) is 11.3. The quantitative estimate of drug-likeness (QED) is 0.200. The number of nitrogens with one attached hydrogen (secondary N) is 1. The van der Waals surface area contributed by atoms with Gasteiger partial charge in [0.05, 0.1) is 41.8 Å². The molecule has 0 aliphatic heterocycles. The van der Waals surface area contributed by atoms with Crippen molar-refractivity contribution in [1.82, 2.24) is 9.97 Å². The highest BCUT2D eigenvalue weighted by molar-refractivity contribution is 7.17. The SMILES string of the molecule is COC(=O)c1c(NC(=O)C(C)OC(=O)c2ccc3nc(-c4ccco4)c(-c4ccco4)nc3c2)sc2c1CCCCCC2. The minimum atomic E-state index is -1.13. The van der Waals surface area contributed by atoms with E-state index in [0.29, 0.717) is 44.5 Å². The molecule has 4 heterocycles. The van der Waals surface area contributed by atoms with Gasteiger partial charge in [0.25, 0.3) is 5.91 Å².